The summed E-state index contributed by atoms with van der Waals surface area (Å²) in [6, 6.07) is 0. The van der Waals surface area contributed by atoms with Gasteiger partial charge in [0, 0.05) is 5.57 Å². The molecule has 0 heterocycles. The summed E-state index contributed by atoms with van der Waals surface area (Å²) < 4.78 is 4.64. The third kappa shape index (κ3) is 4.65. The van der Waals surface area contributed by atoms with Crippen LogP contribution in [0.4, 0.5) is 0 Å². The standard InChI is InChI=1S/C9H16O4/c1-4-7(10)8(11)5-13-9(12)6(2)3/h7-8,10-11H,2,4-5H2,1,3H3. The second kappa shape index (κ2) is 5.72. The van der Waals surface area contributed by atoms with E-state index >= 15 is 0 Å². The van der Waals surface area contributed by atoms with E-state index in [0.717, 1.165) is 0 Å². The molecule has 0 saturated heterocycles. The normalized spacial score (nSPS) is 14.8. The molecule has 4 heteroatoms. The van der Waals surface area contributed by atoms with Crippen molar-refractivity contribution < 1.29 is 19.7 Å². The van der Waals surface area contributed by atoms with Crippen molar-refractivity contribution in [2.75, 3.05) is 6.61 Å². The van der Waals surface area contributed by atoms with E-state index in [1.807, 2.05) is 0 Å². The molecular weight excluding hydrogens is 172 g/mol. The van der Waals surface area contributed by atoms with Gasteiger partial charge in [-0.25, -0.2) is 4.79 Å². The third-order valence-electron chi connectivity index (χ3n) is 1.60. The van der Waals surface area contributed by atoms with E-state index in [1.54, 1.807) is 6.92 Å². The molecule has 0 radical (unpaired) electrons. The van der Waals surface area contributed by atoms with E-state index in [-0.39, 0.29) is 12.2 Å². The highest BCUT2D eigenvalue weighted by molar-refractivity contribution is 5.86. The van der Waals surface area contributed by atoms with Crippen LogP contribution in [0.2, 0.25) is 0 Å². The number of carbonyl (C=O) groups excluding carboxylic acids is 1. The van der Waals surface area contributed by atoms with Crippen LogP contribution in [0.25, 0.3) is 0 Å². The first-order chi connectivity index (χ1) is 5.99. The number of esters is 1. The van der Waals surface area contributed by atoms with Crippen molar-refractivity contribution in [2.24, 2.45) is 0 Å². The quantitative estimate of drug-likeness (QED) is 0.479. The van der Waals surface area contributed by atoms with Crippen molar-refractivity contribution in [1.29, 1.82) is 0 Å². The Morgan fingerprint density at radius 3 is 2.38 bits per heavy atom. The molecule has 0 saturated carbocycles. The lowest BCUT2D eigenvalue weighted by atomic mass is 10.2. The van der Waals surface area contributed by atoms with Crippen LogP contribution in [-0.2, 0) is 9.53 Å². The summed E-state index contributed by atoms with van der Waals surface area (Å²) in [6.45, 7) is 6.44. The van der Waals surface area contributed by atoms with Crippen molar-refractivity contribution >= 4 is 5.97 Å². The van der Waals surface area contributed by atoms with E-state index in [2.05, 4.69) is 11.3 Å². The van der Waals surface area contributed by atoms with Crippen LogP contribution in [0.5, 0.6) is 0 Å². The molecule has 2 unspecified atom stereocenters. The molecule has 0 aliphatic rings. The molecular formula is C9H16O4. The maximum atomic E-state index is 10.8. The largest absolute Gasteiger partial charge is 0.459 e. The Kier molecular flexibility index (Phi) is 5.34. The number of aliphatic hydroxyl groups is 2. The van der Waals surface area contributed by atoms with Gasteiger partial charge in [0.1, 0.15) is 12.7 Å². The summed E-state index contributed by atoms with van der Waals surface area (Å²) in [5.74, 6) is -0.553. The predicted molar refractivity (Wildman–Crippen MR) is 48.1 cm³/mol. The maximum Gasteiger partial charge on any atom is 0.333 e. The number of carbonyl (C=O) groups is 1. The second-order valence-corrected chi connectivity index (χ2v) is 2.92. The van der Waals surface area contributed by atoms with Crippen LogP contribution < -0.4 is 0 Å². The molecule has 0 aromatic heterocycles. The van der Waals surface area contributed by atoms with Crippen molar-refractivity contribution in [2.45, 2.75) is 32.5 Å². The van der Waals surface area contributed by atoms with Gasteiger partial charge >= 0.3 is 5.97 Å². The first-order valence-electron chi connectivity index (χ1n) is 4.17. The maximum absolute atomic E-state index is 10.8. The van der Waals surface area contributed by atoms with Gasteiger partial charge in [0.05, 0.1) is 6.10 Å². The first kappa shape index (κ1) is 12.1. The zero-order chi connectivity index (χ0) is 10.4. The van der Waals surface area contributed by atoms with Crippen LogP contribution >= 0.6 is 0 Å². The van der Waals surface area contributed by atoms with E-state index in [9.17, 15) is 9.90 Å². The van der Waals surface area contributed by atoms with Crippen molar-refractivity contribution in [3.05, 3.63) is 12.2 Å². The Morgan fingerprint density at radius 1 is 1.46 bits per heavy atom. The van der Waals surface area contributed by atoms with Gasteiger partial charge in [-0.05, 0) is 13.3 Å². The average Bonchev–Trinajstić information content (AvgIpc) is 2.11. The van der Waals surface area contributed by atoms with Crippen LogP contribution in [-0.4, -0.2) is 35.0 Å². The van der Waals surface area contributed by atoms with Gasteiger partial charge in [-0.1, -0.05) is 13.5 Å². The smallest absolute Gasteiger partial charge is 0.333 e. The van der Waals surface area contributed by atoms with Crippen LogP contribution in [0.1, 0.15) is 20.3 Å². The number of hydrogen-bond donors (Lipinski definition) is 2. The summed E-state index contributed by atoms with van der Waals surface area (Å²) in [6.07, 6.45) is -1.45. The Labute approximate surface area is 77.8 Å². The van der Waals surface area contributed by atoms with Gasteiger partial charge in [0.25, 0.3) is 0 Å². The molecule has 0 bridgehead atoms. The zero-order valence-corrected chi connectivity index (χ0v) is 7.99. The van der Waals surface area contributed by atoms with Gasteiger partial charge in [0.15, 0.2) is 0 Å². The molecule has 0 fully saturated rings. The van der Waals surface area contributed by atoms with Crippen molar-refractivity contribution in [3.8, 4) is 0 Å². The summed E-state index contributed by atoms with van der Waals surface area (Å²) in [4.78, 5) is 10.8. The molecule has 0 amide bonds. The summed E-state index contributed by atoms with van der Waals surface area (Å²) in [7, 11) is 0. The highest BCUT2D eigenvalue weighted by Gasteiger charge is 2.16. The summed E-state index contributed by atoms with van der Waals surface area (Å²) in [5.41, 5.74) is 0.276. The van der Waals surface area contributed by atoms with E-state index < -0.39 is 18.2 Å². The highest BCUT2D eigenvalue weighted by Crippen LogP contribution is 2.00. The number of aliphatic hydroxyl groups excluding tert-OH is 2. The number of ether oxygens (including phenoxy) is 1. The Morgan fingerprint density at radius 2 is 2.00 bits per heavy atom. The number of hydrogen-bond acceptors (Lipinski definition) is 4. The summed E-state index contributed by atoms with van der Waals surface area (Å²) >= 11 is 0. The lowest BCUT2D eigenvalue weighted by molar-refractivity contribution is -0.144. The zero-order valence-electron chi connectivity index (χ0n) is 7.99. The van der Waals surface area contributed by atoms with Gasteiger partial charge in [0.2, 0.25) is 0 Å². The first-order valence-corrected chi connectivity index (χ1v) is 4.17. The molecule has 0 spiro atoms. The van der Waals surface area contributed by atoms with Crippen LogP contribution in [0.3, 0.4) is 0 Å². The highest BCUT2D eigenvalue weighted by atomic mass is 16.5. The molecule has 13 heavy (non-hydrogen) atoms. The Bertz CT molecular complexity index is 188. The molecule has 4 nitrogen and oxygen atoms in total. The second-order valence-electron chi connectivity index (χ2n) is 2.92. The molecule has 0 aromatic carbocycles. The minimum absolute atomic E-state index is 0.194. The molecule has 0 aliphatic carbocycles. The van der Waals surface area contributed by atoms with Gasteiger partial charge in [-0.15, -0.1) is 0 Å². The van der Waals surface area contributed by atoms with E-state index in [0.29, 0.717) is 6.42 Å². The fourth-order valence-corrected chi connectivity index (χ4v) is 0.667. The van der Waals surface area contributed by atoms with Crippen LogP contribution in [0.15, 0.2) is 12.2 Å². The van der Waals surface area contributed by atoms with E-state index in [4.69, 9.17) is 5.11 Å². The lowest BCUT2D eigenvalue weighted by Gasteiger charge is -2.15. The topological polar surface area (TPSA) is 66.8 Å². The minimum atomic E-state index is -1.02. The van der Waals surface area contributed by atoms with Gasteiger partial charge in [-0.2, -0.15) is 0 Å². The fourth-order valence-electron chi connectivity index (χ4n) is 0.667. The lowest BCUT2D eigenvalue weighted by Crippen LogP contribution is -2.31. The fraction of sp³-hybridized carbons (Fsp3) is 0.667. The Balaban J connectivity index is 3.76. The molecule has 2 N–H and O–H groups in total. The molecule has 0 aliphatic heterocycles. The van der Waals surface area contributed by atoms with Crippen molar-refractivity contribution in [3.63, 3.8) is 0 Å². The van der Waals surface area contributed by atoms with Gasteiger partial charge in [-0.3, -0.25) is 0 Å². The third-order valence-corrected chi connectivity index (χ3v) is 1.60. The monoisotopic (exact) mass is 188 g/mol. The average molecular weight is 188 g/mol. The number of rotatable bonds is 5. The van der Waals surface area contributed by atoms with Crippen LogP contribution in [0, 0.1) is 0 Å². The SMILES string of the molecule is C=C(C)C(=O)OCC(O)C(O)CC. The summed E-state index contributed by atoms with van der Waals surface area (Å²) in [5, 5.41) is 18.3. The Hall–Kier alpha value is -0.870. The molecule has 0 aromatic rings. The molecule has 2 atom stereocenters. The van der Waals surface area contributed by atoms with E-state index in [1.165, 1.54) is 6.92 Å². The van der Waals surface area contributed by atoms with Gasteiger partial charge < -0.3 is 14.9 Å². The molecule has 0 rings (SSSR count). The minimum Gasteiger partial charge on any atom is -0.459 e. The van der Waals surface area contributed by atoms with Crippen molar-refractivity contribution in [1.82, 2.24) is 0 Å². The predicted octanol–water partition coefficient (Wildman–Crippen LogP) is 0.238. The molecule has 76 valence electrons.